The Bertz CT molecular complexity index is 1430. The molecular formula is C28H28N4O3. The van der Waals surface area contributed by atoms with Gasteiger partial charge < -0.3 is 15.2 Å². The van der Waals surface area contributed by atoms with Crippen LogP contribution in [0.25, 0.3) is 21.8 Å². The molecule has 2 N–H and O–H groups in total. The molecule has 1 aromatic heterocycles. The Morgan fingerprint density at radius 1 is 0.971 bits per heavy atom. The standard InChI is InChI=1S/C28H28N4O3/c1-3-31-24-12-8-7-11-21(24)22-17-20(13-15-25(22)31)29-26(33)16-14-23-27(34)32(28(35)30-23)18(2)19-9-5-4-6-10-19/h4-13,15,17-18,23H,3,14,16H2,1-2H3,(H,29,33)(H,30,35)/t18-,23+/m1/s1. The number of hydrogen-bond acceptors (Lipinski definition) is 3. The van der Waals surface area contributed by atoms with E-state index < -0.39 is 12.1 Å². The van der Waals surface area contributed by atoms with Gasteiger partial charge in [0.2, 0.25) is 5.91 Å². The lowest BCUT2D eigenvalue weighted by molar-refractivity contribution is -0.129. The SMILES string of the molecule is CCn1c2ccccc2c2cc(NC(=O)CC[C@@H]3NC(=O)N([C@H](C)c4ccccc4)C3=O)ccc21. The number of aryl methyl sites for hydroxylation is 1. The van der Waals surface area contributed by atoms with Crippen molar-refractivity contribution in [2.75, 3.05) is 5.32 Å². The highest BCUT2D eigenvalue weighted by Gasteiger charge is 2.40. The third kappa shape index (κ3) is 4.14. The van der Waals surface area contributed by atoms with Crippen LogP contribution in [0.2, 0.25) is 0 Å². The van der Waals surface area contributed by atoms with Crippen LogP contribution in [0, 0.1) is 0 Å². The summed E-state index contributed by atoms with van der Waals surface area (Å²) in [4.78, 5) is 39.4. The van der Waals surface area contributed by atoms with Crippen LogP contribution in [0.1, 0.15) is 38.3 Å². The average Bonchev–Trinajstić information content (AvgIpc) is 3.35. The fourth-order valence-electron chi connectivity index (χ4n) is 4.96. The molecule has 0 unspecified atom stereocenters. The van der Waals surface area contributed by atoms with Crippen LogP contribution < -0.4 is 10.6 Å². The Morgan fingerprint density at radius 2 is 1.69 bits per heavy atom. The second-order valence-electron chi connectivity index (χ2n) is 8.88. The number of carbonyl (C=O) groups excluding carboxylic acids is 3. The topological polar surface area (TPSA) is 83.4 Å². The molecule has 1 saturated heterocycles. The van der Waals surface area contributed by atoms with Crippen LogP contribution in [0.5, 0.6) is 0 Å². The monoisotopic (exact) mass is 468 g/mol. The normalized spacial score (nSPS) is 16.6. The van der Waals surface area contributed by atoms with Gasteiger partial charge in [-0.05, 0) is 50.1 Å². The minimum absolute atomic E-state index is 0.124. The number of para-hydroxylation sites is 1. The quantitative estimate of drug-likeness (QED) is 0.365. The van der Waals surface area contributed by atoms with Gasteiger partial charge in [-0.2, -0.15) is 0 Å². The van der Waals surface area contributed by atoms with Crippen molar-refractivity contribution in [1.82, 2.24) is 14.8 Å². The number of fused-ring (bicyclic) bond motifs is 3. The molecule has 0 bridgehead atoms. The summed E-state index contributed by atoms with van der Waals surface area (Å²) in [6.07, 6.45) is 0.366. The Kier molecular flexibility index (Phi) is 5.99. The number of benzene rings is 3. The number of aromatic nitrogens is 1. The Morgan fingerprint density at radius 3 is 2.46 bits per heavy atom. The van der Waals surface area contributed by atoms with E-state index in [2.05, 4.69) is 34.3 Å². The molecule has 2 atom stereocenters. The lowest BCUT2D eigenvalue weighted by atomic mass is 10.1. The third-order valence-corrected chi connectivity index (χ3v) is 6.75. The summed E-state index contributed by atoms with van der Waals surface area (Å²) >= 11 is 0. The van der Waals surface area contributed by atoms with Gasteiger partial charge in [-0.25, -0.2) is 4.79 Å². The molecule has 178 valence electrons. The zero-order valence-electron chi connectivity index (χ0n) is 19.8. The predicted molar refractivity (Wildman–Crippen MR) is 137 cm³/mol. The average molecular weight is 469 g/mol. The molecule has 4 amide bonds. The van der Waals surface area contributed by atoms with Crippen molar-refractivity contribution in [3.05, 3.63) is 78.4 Å². The maximum atomic E-state index is 12.9. The van der Waals surface area contributed by atoms with Gasteiger partial charge in [0.25, 0.3) is 5.91 Å². The van der Waals surface area contributed by atoms with Gasteiger partial charge in [-0.15, -0.1) is 0 Å². The number of rotatable bonds is 7. The molecule has 0 radical (unpaired) electrons. The fraction of sp³-hybridized carbons (Fsp3) is 0.250. The molecule has 1 aliphatic heterocycles. The summed E-state index contributed by atoms with van der Waals surface area (Å²) in [5.74, 6) is -0.492. The van der Waals surface area contributed by atoms with Crippen molar-refractivity contribution in [2.45, 2.75) is 45.3 Å². The minimum atomic E-state index is -0.704. The summed E-state index contributed by atoms with van der Waals surface area (Å²) in [6.45, 7) is 4.80. The summed E-state index contributed by atoms with van der Waals surface area (Å²) < 4.78 is 2.26. The van der Waals surface area contributed by atoms with Crippen LogP contribution in [0.15, 0.2) is 72.8 Å². The van der Waals surface area contributed by atoms with Crippen LogP contribution >= 0.6 is 0 Å². The predicted octanol–water partition coefficient (Wildman–Crippen LogP) is 5.21. The molecule has 7 heteroatoms. The lowest BCUT2D eigenvalue weighted by Crippen LogP contribution is -2.34. The maximum absolute atomic E-state index is 12.9. The van der Waals surface area contributed by atoms with Crippen LogP contribution in [0.4, 0.5) is 10.5 Å². The fourth-order valence-corrected chi connectivity index (χ4v) is 4.96. The molecule has 7 nitrogen and oxygen atoms in total. The summed E-state index contributed by atoms with van der Waals surface area (Å²) in [5, 5.41) is 7.91. The Hall–Kier alpha value is -4.13. The molecular weight excluding hydrogens is 440 g/mol. The summed E-state index contributed by atoms with van der Waals surface area (Å²) in [5.41, 5.74) is 3.88. The van der Waals surface area contributed by atoms with Crippen molar-refractivity contribution in [1.29, 1.82) is 0 Å². The van der Waals surface area contributed by atoms with E-state index in [-0.39, 0.29) is 30.7 Å². The van der Waals surface area contributed by atoms with Crippen molar-refractivity contribution in [2.24, 2.45) is 0 Å². The van der Waals surface area contributed by atoms with Crippen molar-refractivity contribution >= 4 is 45.3 Å². The molecule has 0 spiro atoms. The number of carbonyl (C=O) groups is 3. The highest BCUT2D eigenvalue weighted by molar-refractivity contribution is 6.10. The smallest absolute Gasteiger partial charge is 0.325 e. The number of nitrogens with one attached hydrogen (secondary N) is 2. The third-order valence-electron chi connectivity index (χ3n) is 6.75. The van der Waals surface area contributed by atoms with Crippen LogP contribution in [-0.2, 0) is 16.1 Å². The summed E-state index contributed by atoms with van der Waals surface area (Å²) in [7, 11) is 0. The zero-order chi connectivity index (χ0) is 24.5. The number of imide groups is 1. The van der Waals surface area contributed by atoms with Crippen molar-refractivity contribution < 1.29 is 14.4 Å². The van der Waals surface area contributed by atoms with E-state index in [0.717, 1.165) is 28.4 Å². The first-order valence-corrected chi connectivity index (χ1v) is 12.0. The molecule has 35 heavy (non-hydrogen) atoms. The molecule has 0 aliphatic carbocycles. The largest absolute Gasteiger partial charge is 0.341 e. The van der Waals surface area contributed by atoms with Gasteiger partial charge in [0.15, 0.2) is 0 Å². The molecule has 1 aliphatic rings. The molecule has 2 heterocycles. The Labute approximate surface area is 203 Å². The van der Waals surface area contributed by atoms with Gasteiger partial charge in [-0.3, -0.25) is 14.5 Å². The van der Waals surface area contributed by atoms with E-state index in [0.29, 0.717) is 5.69 Å². The molecule has 1 fully saturated rings. The first-order chi connectivity index (χ1) is 17.0. The van der Waals surface area contributed by atoms with E-state index in [1.54, 1.807) is 0 Å². The highest BCUT2D eigenvalue weighted by Crippen LogP contribution is 2.31. The first kappa shape index (κ1) is 22.7. The number of amides is 4. The van der Waals surface area contributed by atoms with Gasteiger partial charge in [-0.1, -0.05) is 48.5 Å². The maximum Gasteiger partial charge on any atom is 0.325 e. The van der Waals surface area contributed by atoms with Gasteiger partial charge in [0, 0.05) is 40.5 Å². The van der Waals surface area contributed by atoms with Gasteiger partial charge >= 0.3 is 6.03 Å². The second-order valence-corrected chi connectivity index (χ2v) is 8.88. The van der Waals surface area contributed by atoms with E-state index in [1.165, 1.54) is 10.4 Å². The van der Waals surface area contributed by atoms with Gasteiger partial charge in [0.1, 0.15) is 6.04 Å². The number of anilines is 1. The van der Waals surface area contributed by atoms with Crippen LogP contribution in [0.3, 0.4) is 0 Å². The van der Waals surface area contributed by atoms with Crippen molar-refractivity contribution in [3.63, 3.8) is 0 Å². The molecule has 4 aromatic rings. The number of nitrogens with zero attached hydrogens (tertiary/aromatic N) is 2. The van der Waals surface area contributed by atoms with E-state index in [4.69, 9.17) is 0 Å². The lowest BCUT2D eigenvalue weighted by Gasteiger charge is -2.21. The van der Waals surface area contributed by atoms with E-state index >= 15 is 0 Å². The van der Waals surface area contributed by atoms with Gasteiger partial charge in [0.05, 0.1) is 6.04 Å². The number of urea groups is 1. The van der Waals surface area contributed by atoms with Crippen molar-refractivity contribution in [3.8, 4) is 0 Å². The van der Waals surface area contributed by atoms with E-state index in [9.17, 15) is 14.4 Å². The number of hydrogen-bond donors (Lipinski definition) is 2. The highest BCUT2D eigenvalue weighted by atomic mass is 16.2. The minimum Gasteiger partial charge on any atom is -0.341 e. The molecule has 5 rings (SSSR count). The van der Waals surface area contributed by atoms with E-state index in [1.807, 2.05) is 67.6 Å². The molecule has 3 aromatic carbocycles. The zero-order valence-corrected chi connectivity index (χ0v) is 19.8. The van der Waals surface area contributed by atoms with Crippen LogP contribution in [-0.4, -0.2) is 33.4 Å². The Balaban J connectivity index is 1.25. The molecule has 0 saturated carbocycles. The summed E-state index contributed by atoms with van der Waals surface area (Å²) in [6, 6.07) is 22.1. The first-order valence-electron chi connectivity index (χ1n) is 12.0. The second kappa shape index (κ2) is 9.25.